The van der Waals surface area contributed by atoms with Crippen molar-refractivity contribution < 1.29 is 4.79 Å². The molecule has 2 aromatic rings. The van der Waals surface area contributed by atoms with Crippen molar-refractivity contribution in [3.8, 4) is 0 Å². The molecule has 4 rings (SSSR count). The van der Waals surface area contributed by atoms with Crippen LogP contribution in [0.1, 0.15) is 22.5 Å². The van der Waals surface area contributed by atoms with Gasteiger partial charge in [0.2, 0.25) is 0 Å². The lowest BCUT2D eigenvalue weighted by molar-refractivity contribution is 0.0932. The van der Waals surface area contributed by atoms with E-state index < -0.39 is 0 Å². The molecule has 2 aromatic heterocycles. The van der Waals surface area contributed by atoms with Gasteiger partial charge >= 0.3 is 0 Å². The van der Waals surface area contributed by atoms with Crippen LogP contribution in [-0.4, -0.2) is 29.5 Å². The highest BCUT2D eigenvalue weighted by Crippen LogP contribution is 2.31. The van der Waals surface area contributed by atoms with Crippen molar-refractivity contribution in [3.05, 3.63) is 29.3 Å². The number of aromatic nitrogens is 1. The molecule has 3 atom stereocenters. The van der Waals surface area contributed by atoms with Crippen molar-refractivity contribution in [2.24, 2.45) is 5.92 Å². The summed E-state index contributed by atoms with van der Waals surface area (Å²) in [5.74, 6) is 0.793. The SMILES string of the molecule is O=C(NC1CC2CNC1C2)c1cc2ncccc2s1. The number of fused-ring (bicyclic) bond motifs is 3. The van der Waals surface area contributed by atoms with Gasteiger partial charge in [-0.2, -0.15) is 0 Å². The summed E-state index contributed by atoms with van der Waals surface area (Å²) in [6.07, 6.45) is 4.09. The number of nitrogens with one attached hydrogen (secondary N) is 2. The zero-order valence-electron chi connectivity index (χ0n) is 10.4. The van der Waals surface area contributed by atoms with Gasteiger partial charge in [0.25, 0.3) is 5.91 Å². The molecule has 2 fully saturated rings. The number of piperidine rings is 1. The summed E-state index contributed by atoms with van der Waals surface area (Å²) in [6, 6.07) is 6.56. The lowest BCUT2D eigenvalue weighted by Gasteiger charge is -2.23. The first-order valence-electron chi connectivity index (χ1n) is 6.68. The van der Waals surface area contributed by atoms with E-state index in [1.807, 2.05) is 18.2 Å². The number of nitrogens with zero attached hydrogens (tertiary/aromatic N) is 1. The van der Waals surface area contributed by atoms with Crippen LogP contribution in [0.5, 0.6) is 0 Å². The second kappa shape index (κ2) is 4.28. The second-order valence-electron chi connectivity index (χ2n) is 5.43. The van der Waals surface area contributed by atoms with Gasteiger partial charge in [-0.1, -0.05) is 0 Å². The number of carbonyl (C=O) groups excluding carboxylic acids is 1. The van der Waals surface area contributed by atoms with Crippen LogP contribution in [0, 0.1) is 5.92 Å². The molecule has 1 aliphatic heterocycles. The zero-order valence-corrected chi connectivity index (χ0v) is 11.2. The van der Waals surface area contributed by atoms with Crippen LogP contribution in [0.15, 0.2) is 24.4 Å². The van der Waals surface area contributed by atoms with E-state index in [0.717, 1.165) is 34.0 Å². The molecule has 3 unspecified atom stereocenters. The summed E-state index contributed by atoms with van der Waals surface area (Å²) in [4.78, 5) is 17.3. The monoisotopic (exact) mass is 273 g/mol. The number of pyridine rings is 1. The van der Waals surface area contributed by atoms with Gasteiger partial charge in [-0.25, -0.2) is 0 Å². The fraction of sp³-hybridized carbons (Fsp3) is 0.429. The number of rotatable bonds is 2. The van der Waals surface area contributed by atoms with E-state index in [-0.39, 0.29) is 5.91 Å². The molecule has 2 bridgehead atoms. The highest BCUT2D eigenvalue weighted by molar-refractivity contribution is 7.20. The third-order valence-corrected chi connectivity index (χ3v) is 5.24. The Morgan fingerprint density at radius 2 is 2.42 bits per heavy atom. The predicted octanol–water partition coefficient (Wildman–Crippen LogP) is 1.78. The molecule has 1 amide bonds. The van der Waals surface area contributed by atoms with Crippen LogP contribution in [0.2, 0.25) is 0 Å². The average Bonchev–Trinajstić information content (AvgIpc) is 3.12. The fourth-order valence-electron chi connectivity index (χ4n) is 3.23. The Kier molecular flexibility index (Phi) is 2.56. The van der Waals surface area contributed by atoms with Crippen LogP contribution in [-0.2, 0) is 0 Å². The summed E-state index contributed by atoms with van der Waals surface area (Å²) < 4.78 is 1.07. The predicted molar refractivity (Wildman–Crippen MR) is 75.4 cm³/mol. The minimum absolute atomic E-state index is 0.0438. The topological polar surface area (TPSA) is 54.0 Å². The van der Waals surface area contributed by atoms with Crippen LogP contribution in [0.3, 0.4) is 0 Å². The summed E-state index contributed by atoms with van der Waals surface area (Å²) >= 11 is 1.51. The molecule has 19 heavy (non-hydrogen) atoms. The van der Waals surface area contributed by atoms with E-state index >= 15 is 0 Å². The molecule has 1 saturated heterocycles. The summed E-state index contributed by atoms with van der Waals surface area (Å²) in [6.45, 7) is 1.11. The normalized spacial score (nSPS) is 28.9. The Labute approximate surface area is 115 Å². The molecule has 2 aliphatic rings. The fourth-order valence-corrected chi connectivity index (χ4v) is 4.16. The van der Waals surface area contributed by atoms with Crippen molar-refractivity contribution in [1.82, 2.24) is 15.6 Å². The molecule has 2 N–H and O–H groups in total. The molecule has 1 saturated carbocycles. The summed E-state index contributed by atoms with van der Waals surface area (Å²) in [7, 11) is 0. The maximum Gasteiger partial charge on any atom is 0.261 e. The molecule has 0 spiro atoms. The van der Waals surface area contributed by atoms with Crippen molar-refractivity contribution in [2.75, 3.05) is 6.54 Å². The average molecular weight is 273 g/mol. The van der Waals surface area contributed by atoms with Crippen LogP contribution >= 0.6 is 11.3 Å². The maximum atomic E-state index is 12.3. The van der Waals surface area contributed by atoms with Crippen molar-refractivity contribution in [3.63, 3.8) is 0 Å². The molecule has 1 aliphatic carbocycles. The Balaban J connectivity index is 1.53. The van der Waals surface area contributed by atoms with E-state index in [4.69, 9.17) is 0 Å². The van der Waals surface area contributed by atoms with Gasteiger partial charge < -0.3 is 10.6 Å². The first-order chi connectivity index (χ1) is 9.29. The molecular formula is C14H15N3OS. The van der Waals surface area contributed by atoms with E-state index in [9.17, 15) is 4.79 Å². The maximum absolute atomic E-state index is 12.3. The van der Waals surface area contributed by atoms with Crippen LogP contribution in [0.4, 0.5) is 0 Å². The van der Waals surface area contributed by atoms with Crippen molar-refractivity contribution >= 4 is 27.5 Å². The van der Waals surface area contributed by atoms with Crippen molar-refractivity contribution in [1.29, 1.82) is 0 Å². The van der Waals surface area contributed by atoms with Crippen molar-refractivity contribution in [2.45, 2.75) is 24.9 Å². The Morgan fingerprint density at radius 3 is 3.16 bits per heavy atom. The summed E-state index contributed by atoms with van der Waals surface area (Å²) in [5, 5.41) is 6.63. The molecule has 3 heterocycles. The Hall–Kier alpha value is -1.46. The van der Waals surface area contributed by atoms with Crippen LogP contribution < -0.4 is 10.6 Å². The molecule has 98 valence electrons. The van der Waals surface area contributed by atoms with Gasteiger partial charge in [0, 0.05) is 18.3 Å². The van der Waals surface area contributed by atoms with Gasteiger partial charge in [0.05, 0.1) is 15.1 Å². The highest BCUT2D eigenvalue weighted by Gasteiger charge is 2.40. The first kappa shape index (κ1) is 11.4. The zero-order chi connectivity index (χ0) is 12.8. The van der Waals surface area contributed by atoms with Crippen LogP contribution in [0.25, 0.3) is 10.2 Å². The number of thiophene rings is 1. The third kappa shape index (κ3) is 1.93. The molecule has 0 radical (unpaired) electrons. The first-order valence-corrected chi connectivity index (χ1v) is 7.50. The van der Waals surface area contributed by atoms with Gasteiger partial charge in [-0.3, -0.25) is 9.78 Å². The molecule has 0 aromatic carbocycles. The van der Waals surface area contributed by atoms with E-state index in [0.29, 0.717) is 12.1 Å². The minimum atomic E-state index is 0.0438. The summed E-state index contributed by atoms with van der Waals surface area (Å²) in [5.41, 5.74) is 0.906. The van der Waals surface area contributed by atoms with Gasteiger partial charge in [0.15, 0.2) is 0 Å². The number of hydrogen-bond donors (Lipinski definition) is 2. The molecule has 5 heteroatoms. The van der Waals surface area contributed by atoms with Gasteiger partial charge in [-0.15, -0.1) is 11.3 Å². The Morgan fingerprint density at radius 1 is 1.47 bits per heavy atom. The quantitative estimate of drug-likeness (QED) is 0.877. The van der Waals surface area contributed by atoms with Gasteiger partial charge in [0.1, 0.15) is 0 Å². The lowest BCUT2D eigenvalue weighted by Crippen LogP contribution is -2.47. The number of amides is 1. The standard InChI is InChI=1S/C14H15N3OS/c18-14(17-10-5-8-4-9(10)16-7-8)13-6-11-12(19-13)2-1-3-15-11/h1-3,6,8-10,16H,4-5,7H2,(H,17,18). The highest BCUT2D eigenvalue weighted by atomic mass is 32.1. The Bertz CT molecular complexity index is 605. The molecule has 4 nitrogen and oxygen atoms in total. The minimum Gasteiger partial charge on any atom is -0.347 e. The van der Waals surface area contributed by atoms with E-state index in [1.165, 1.54) is 17.8 Å². The molecular weight excluding hydrogens is 258 g/mol. The van der Waals surface area contributed by atoms with Gasteiger partial charge in [-0.05, 0) is 43.5 Å². The van der Waals surface area contributed by atoms with E-state index in [1.54, 1.807) is 6.20 Å². The third-order valence-electron chi connectivity index (χ3n) is 4.16. The number of hydrogen-bond acceptors (Lipinski definition) is 4. The largest absolute Gasteiger partial charge is 0.347 e. The smallest absolute Gasteiger partial charge is 0.261 e. The second-order valence-corrected chi connectivity index (χ2v) is 6.51. The lowest BCUT2D eigenvalue weighted by atomic mass is 10.1. The number of carbonyl (C=O) groups is 1. The van der Waals surface area contributed by atoms with E-state index in [2.05, 4.69) is 15.6 Å².